The Bertz CT molecular complexity index is 386. The van der Waals surface area contributed by atoms with Crippen LogP contribution >= 0.6 is 0 Å². The van der Waals surface area contributed by atoms with Crippen molar-refractivity contribution in [1.82, 2.24) is 0 Å². The molecule has 0 N–H and O–H groups in total. The number of alkyl halides is 4. The Morgan fingerprint density at radius 1 is 0.467 bits per heavy atom. The van der Waals surface area contributed by atoms with E-state index in [1.807, 2.05) is 0 Å². The molecule has 6 nitrogen and oxygen atoms in total. The summed E-state index contributed by atoms with van der Waals surface area (Å²) in [6, 6.07) is -0.813. The highest BCUT2D eigenvalue weighted by Crippen LogP contribution is 2.43. The van der Waals surface area contributed by atoms with E-state index in [9.17, 15) is 17.6 Å². The van der Waals surface area contributed by atoms with E-state index in [1.165, 1.54) is 0 Å². The predicted molar refractivity (Wildman–Crippen MR) is 110 cm³/mol. The summed E-state index contributed by atoms with van der Waals surface area (Å²) < 4.78 is 91.3. The molecule has 0 radical (unpaired) electrons. The van der Waals surface area contributed by atoms with Gasteiger partial charge in [-0.15, -0.1) is 0 Å². The molecule has 0 aliphatic carbocycles. The first kappa shape index (κ1) is 29.9. The van der Waals surface area contributed by atoms with Gasteiger partial charge in [0.05, 0.1) is 0 Å². The van der Waals surface area contributed by atoms with Gasteiger partial charge in [-0.1, -0.05) is 0 Å². The second kappa shape index (κ2) is 14.1. The molecule has 0 aromatic heterocycles. The largest absolute Gasteiger partial charge is 0.501 e. The van der Waals surface area contributed by atoms with Gasteiger partial charge in [0.15, 0.2) is 0 Å². The molecule has 0 bridgehead atoms. The molecule has 0 saturated carbocycles. The van der Waals surface area contributed by atoms with Crippen molar-refractivity contribution in [2.45, 2.75) is 78.3 Å². The molecule has 0 saturated heterocycles. The number of rotatable bonds is 19. The lowest BCUT2D eigenvalue weighted by Gasteiger charge is -2.34. The highest BCUT2D eigenvalue weighted by atomic mass is 28.4. The molecule has 0 amide bonds. The second-order valence-electron chi connectivity index (χ2n) is 6.37. The van der Waals surface area contributed by atoms with Gasteiger partial charge in [-0.25, -0.2) is 0 Å². The molecule has 0 rings (SSSR count). The van der Waals surface area contributed by atoms with Crippen LogP contribution in [0.5, 0.6) is 0 Å². The molecule has 0 spiro atoms. The van der Waals surface area contributed by atoms with Gasteiger partial charge < -0.3 is 26.6 Å². The fourth-order valence-electron chi connectivity index (χ4n) is 2.99. The van der Waals surface area contributed by atoms with Gasteiger partial charge in [-0.2, -0.15) is 17.6 Å². The molecule has 0 fully saturated rings. The average molecular weight is 483 g/mol. The summed E-state index contributed by atoms with van der Waals surface area (Å²) in [5.74, 6) is -8.55. The first-order chi connectivity index (χ1) is 14.0. The van der Waals surface area contributed by atoms with E-state index >= 15 is 0 Å². The summed E-state index contributed by atoms with van der Waals surface area (Å²) >= 11 is 0. The minimum Gasteiger partial charge on any atom is -0.374 e. The summed E-state index contributed by atoms with van der Waals surface area (Å²) in [4.78, 5) is 0. The van der Waals surface area contributed by atoms with Crippen LogP contribution in [0, 0.1) is 0 Å². The third kappa shape index (κ3) is 9.19. The van der Waals surface area contributed by atoms with Crippen LogP contribution in [0.25, 0.3) is 0 Å². The van der Waals surface area contributed by atoms with Gasteiger partial charge in [-0.05, 0) is 41.5 Å². The van der Waals surface area contributed by atoms with Crippen LogP contribution in [0.15, 0.2) is 0 Å². The van der Waals surface area contributed by atoms with E-state index in [2.05, 4.69) is 0 Å². The molecule has 0 aliphatic heterocycles. The van der Waals surface area contributed by atoms with Crippen LogP contribution in [-0.4, -0.2) is 69.1 Å². The van der Waals surface area contributed by atoms with Crippen molar-refractivity contribution in [3.05, 3.63) is 0 Å². The molecule has 12 heteroatoms. The molecule has 182 valence electrons. The third-order valence-electron chi connectivity index (χ3n) is 4.21. The zero-order chi connectivity index (χ0) is 23.3. The van der Waals surface area contributed by atoms with Crippen molar-refractivity contribution in [1.29, 1.82) is 0 Å². The Balaban J connectivity index is 5.33. The Morgan fingerprint density at radius 3 is 0.833 bits per heavy atom. The minimum absolute atomic E-state index is 0.180. The van der Waals surface area contributed by atoms with Crippen molar-refractivity contribution in [3.8, 4) is 0 Å². The first-order valence-electron chi connectivity index (χ1n) is 10.6. The topological polar surface area (TPSA) is 55.4 Å². The van der Waals surface area contributed by atoms with Crippen molar-refractivity contribution in [2.75, 3.05) is 39.6 Å². The van der Waals surface area contributed by atoms with Crippen LogP contribution in [0.2, 0.25) is 12.1 Å². The average Bonchev–Trinajstić information content (AvgIpc) is 2.66. The number of halogens is 4. The molecule has 30 heavy (non-hydrogen) atoms. The summed E-state index contributed by atoms with van der Waals surface area (Å²) in [7, 11) is -6.92. The van der Waals surface area contributed by atoms with Crippen molar-refractivity contribution >= 4 is 17.6 Å². The Labute approximate surface area is 180 Å². The summed E-state index contributed by atoms with van der Waals surface area (Å²) in [5.41, 5.74) is 0. The molecule has 0 aromatic carbocycles. The molecular formula is C18H38F4O6Si2. The smallest absolute Gasteiger partial charge is 0.374 e. The lowest BCUT2D eigenvalue weighted by Crippen LogP contribution is -2.51. The maximum atomic E-state index is 14.6. The van der Waals surface area contributed by atoms with Gasteiger partial charge in [0.25, 0.3) is 0 Å². The number of hydrogen-bond acceptors (Lipinski definition) is 6. The van der Waals surface area contributed by atoms with Crippen molar-refractivity contribution in [2.24, 2.45) is 0 Å². The zero-order valence-corrected chi connectivity index (χ0v) is 21.0. The standard InChI is InChI=1S/C18H38F4O6Si2/c1-7-23-29(24-8-2,25-9-3)15-13-17(19,20)18(21,22)14-16-30(26-10-4,27-11-5)28-12-6/h7-16H2,1-6H3. The van der Waals surface area contributed by atoms with Crippen LogP contribution in [0.4, 0.5) is 17.6 Å². The van der Waals surface area contributed by atoms with E-state index in [0.29, 0.717) is 0 Å². The molecule has 0 heterocycles. The summed E-state index contributed by atoms with van der Waals surface area (Å²) in [6.45, 7) is 11.1. The van der Waals surface area contributed by atoms with Gasteiger partial charge in [-0.3, -0.25) is 0 Å². The fourth-order valence-corrected chi connectivity index (χ4v) is 8.23. The highest BCUT2D eigenvalue weighted by molar-refractivity contribution is 6.61. The third-order valence-corrected chi connectivity index (χ3v) is 10.3. The summed E-state index contributed by atoms with van der Waals surface area (Å²) in [6.07, 6.45) is -2.22. The van der Waals surface area contributed by atoms with E-state index in [0.717, 1.165) is 0 Å². The lowest BCUT2D eigenvalue weighted by atomic mass is 10.1. The Hall–Kier alpha value is -0.0862. The van der Waals surface area contributed by atoms with Crippen LogP contribution < -0.4 is 0 Å². The van der Waals surface area contributed by atoms with Crippen LogP contribution in [0.3, 0.4) is 0 Å². The van der Waals surface area contributed by atoms with Crippen LogP contribution in [-0.2, 0) is 26.6 Å². The Kier molecular flexibility index (Phi) is 14.1. The maximum absolute atomic E-state index is 14.6. The monoisotopic (exact) mass is 482 g/mol. The molecular weight excluding hydrogens is 444 g/mol. The van der Waals surface area contributed by atoms with E-state index < -0.39 is 54.4 Å². The van der Waals surface area contributed by atoms with Crippen molar-refractivity contribution in [3.63, 3.8) is 0 Å². The van der Waals surface area contributed by atoms with Crippen LogP contribution in [0.1, 0.15) is 54.4 Å². The lowest BCUT2D eigenvalue weighted by molar-refractivity contribution is -0.212. The zero-order valence-electron chi connectivity index (χ0n) is 19.0. The van der Waals surface area contributed by atoms with Gasteiger partial charge >= 0.3 is 29.5 Å². The van der Waals surface area contributed by atoms with Gasteiger partial charge in [0.2, 0.25) is 0 Å². The van der Waals surface area contributed by atoms with E-state index in [4.69, 9.17) is 26.6 Å². The Morgan fingerprint density at radius 2 is 0.667 bits per heavy atom. The predicted octanol–water partition coefficient (Wildman–Crippen LogP) is 5.13. The fraction of sp³-hybridized carbons (Fsp3) is 1.00. The highest BCUT2D eigenvalue weighted by Gasteiger charge is 2.59. The van der Waals surface area contributed by atoms with Gasteiger partial charge in [0.1, 0.15) is 0 Å². The van der Waals surface area contributed by atoms with E-state index in [-0.39, 0.29) is 39.6 Å². The summed E-state index contributed by atoms with van der Waals surface area (Å²) in [5, 5.41) is 0. The van der Waals surface area contributed by atoms with Crippen molar-refractivity contribution < 1.29 is 44.1 Å². The quantitative estimate of drug-likeness (QED) is 0.188. The first-order valence-corrected chi connectivity index (χ1v) is 14.5. The molecule has 0 unspecified atom stereocenters. The SMILES string of the molecule is CCO[Si](CCC(F)(F)C(F)(F)CC[Si](OCC)(OCC)OCC)(OCC)OCC. The normalized spacial score (nSPS) is 13.8. The minimum atomic E-state index is -4.28. The second-order valence-corrected chi connectivity index (χ2v) is 11.8. The molecule has 0 aliphatic rings. The van der Waals surface area contributed by atoms with Gasteiger partial charge in [0, 0.05) is 64.6 Å². The number of hydrogen-bond donors (Lipinski definition) is 0. The maximum Gasteiger partial charge on any atom is 0.501 e. The van der Waals surface area contributed by atoms with E-state index in [1.54, 1.807) is 41.5 Å². The molecule has 0 aromatic rings. The molecule has 0 atom stereocenters.